The van der Waals surface area contributed by atoms with Crippen molar-refractivity contribution in [2.24, 2.45) is 11.8 Å². The second-order valence-corrected chi connectivity index (χ2v) is 6.24. The molecule has 1 fully saturated rings. The predicted octanol–water partition coefficient (Wildman–Crippen LogP) is 0.567. The molecule has 0 bridgehead atoms. The lowest BCUT2D eigenvalue weighted by Crippen LogP contribution is -2.27. The van der Waals surface area contributed by atoms with Gasteiger partial charge in [0.15, 0.2) is 0 Å². The Kier molecular flexibility index (Phi) is 3.43. The summed E-state index contributed by atoms with van der Waals surface area (Å²) in [4.78, 5) is 10.0. The lowest BCUT2D eigenvalue weighted by Gasteiger charge is -2.08. The Morgan fingerprint density at radius 1 is 1.47 bits per heavy atom. The van der Waals surface area contributed by atoms with Gasteiger partial charge in [0.05, 0.1) is 9.82 Å². The van der Waals surface area contributed by atoms with E-state index in [0.717, 1.165) is 18.6 Å². The Morgan fingerprint density at radius 2 is 2.11 bits per heavy atom. The first-order valence-corrected chi connectivity index (χ1v) is 7.11. The lowest BCUT2D eigenvalue weighted by molar-refractivity contribution is -0.384. The van der Waals surface area contributed by atoms with E-state index in [-0.39, 0.29) is 22.3 Å². The van der Waals surface area contributed by atoms with Gasteiger partial charge < -0.3 is 5.43 Å². The molecule has 8 nitrogen and oxygen atoms in total. The highest BCUT2D eigenvalue weighted by Crippen LogP contribution is 2.32. The molecule has 1 aromatic carbocycles. The van der Waals surface area contributed by atoms with Crippen LogP contribution in [0.15, 0.2) is 23.1 Å². The third kappa shape index (κ3) is 2.83. The molecule has 0 aliphatic heterocycles. The molecule has 2 atom stereocenters. The smallest absolute Gasteiger partial charge is 0.293 e. The number of nitrogen functional groups attached to an aromatic ring is 1. The minimum Gasteiger partial charge on any atom is -0.318 e. The maximum absolute atomic E-state index is 12.0. The van der Waals surface area contributed by atoms with Crippen LogP contribution in [-0.4, -0.2) is 19.4 Å². The molecule has 0 heterocycles. The summed E-state index contributed by atoms with van der Waals surface area (Å²) < 4.78 is 26.6. The molecule has 0 amide bonds. The number of hydrazine groups is 1. The van der Waals surface area contributed by atoms with E-state index in [1.807, 2.05) is 6.92 Å². The largest absolute Gasteiger partial charge is 0.318 e. The van der Waals surface area contributed by atoms with Crippen LogP contribution in [0, 0.1) is 16.0 Å². The molecular weight excluding hydrogens is 272 g/mol. The molecule has 0 radical (unpaired) electrons. The van der Waals surface area contributed by atoms with Crippen LogP contribution in [0.4, 0.5) is 11.4 Å². The number of hydrogen-bond donors (Lipinski definition) is 3. The van der Waals surface area contributed by atoms with E-state index in [9.17, 15) is 18.5 Å². The second-order valence-electron chi connectivity index (χ2n) is 4.52. The van der Waals surface area contributed by atoms with Gasteiger partial charge in [-0.1, -0.05) is 6.92 Å². The van der Waals surface area contributed by atoms with Gasteiger partial charge in [0.1, 0.15) is 5.69 Å². The molecule has 1 aliphatic carbocycles. The van der Waals surface area contributed by atoms with E-state index in [2.05, 4.69) is 10.1 Å². The number of nitrogens with one attached hydrogen (secondary N) is 2. The molecule has 0 saturated heterocycles. The first-order valence-electron chi connectivity index (χ1n) is 5.62. The van der Waals surface area contributed by atoms with Crippen LogP contribution in [0.25, 0.3) is 0 Å². The van der Waals surface area contributed by atoms with Gasteiger partial charge in [-0.25, -0.2) is 13.1 Å². The summed E-state index contributed by atoms with van der Waals surface area (Å²) in [5, 5.41) is 10.7. The van der Waals surface area contributed by atoms with Crippen molar-refractivity contribution in [3.63, 3.8) is 0 Å². The van der Waals surface area contributed by atoms with Gasteiger partial charge in [0.2, 0.25) is 10.0 Å². The van der Waals surface area contributed by atoms with Gasteiger partial charge in [-0.3, -0.25) is 16.0 Å². The topological polar surface area (TPSA) is 127 Å². The highest BCUT2D eigenvalue weighted by atomic mass is 32.2. The molecular formula is C10H14N4O4S. The summed E-state index contributed by atoms with van der Waals surface area (Å²) in [7, 11) is -3.67. The Hall–Kier alpha value is -1.71. The fourth-order valence-corrected chi connectivity index (χ4v) is 3.09. The van der Waals surface area contributed by atoms with Crippen molar-refractivity contribution >= 4 is 21.4 Å². The highest BCUT2D eigenvalue weighted by molar-refractivity contribution is 7.89. The average molecular weight is 286 g/mol. The second kappa shape index (κ2) is 4.76. The number of nitro groups is 1. The van der Waals surface area contributed by atoms with Crippen molar-refractivity contribution in [3.8, 4) is 0 Å². The number of benzene rings is 1. The number of nitrogens with zero attached hydrogens (tertiary/aromatic N) is 1. The normalized spacial score (nSPS) is 22.0. The maximum atomic E-state index is 12.0. The third-order valence-corrected chi connectivity index (χ3v) is 4.53. The summed E-state index contributed by atoms with van der Waals surface area (Å²) >= 11 is 0. The molecule has 1 aliphatic rings. The molecule has 4 N–H and O–H groups in total. The molecule has 104 valence electrons. The van der Waals surface area contributed by atoms with Gasteiger partial charge in [0.25, 0.3) is 5.69 Å². The quantitative estimate of drug-likeness (QED) is 0.412. The van der Waals surface area contributed by atoms with E-state index in [0.29, 0.717) is 5.92 Å². The summed E-state index contributed by atoms with van der Waals surface area (Å²) in [6.45, 7) is 1.94. The predicted molar refractivity (Wildman–Crippen MR) is 68.8 cm³/mol. The van der Waals surface area contributed by atoms with Gasteiger partial charge in [0, 0.05) is 12.1 Å². The van der Waals surface area contributed by atoms with Gasteiger partial charge in [-0.15, -0.1) is 0 Å². The zero-order valence-electron chi connectivity index (χ0n) is 10.2. The van der Waals surface area contributed by atoms with Crippen LogP contribution in [0.2, 0.25) is 0 Å². The van der Waals surface area contributed by atoms with Crippen LogP contribution in [0.3, 0.4) is 0 Å². The molecule has 2 unspecified atom stereocenters. The maximum Gasteiger partial charge on any atom is 0.293 e. The number of hydrogen-bond acceptors (Lipinski definition) is 6. The van der Waals surface area contributed by atoms with E-state index >= 15 is 0 Å². The summed E-state index contributed by atoms with van der Waals surface area (Å²) in [6, 6.07) is 3.39. The number of sulfonamides is 1. The van der Waals surface area contributed by atoms with Crippen LogP contribution in [-0.2, 0) is 10.0 Å². The third-order valence-electron chi connectivity index (χ3n) is 3.05. The fraction of sp³-hybridized carbons (Fsp3) is 0.400. The minimum atomic E-state index is -3.67. The van der Waals surface area contributed by atoms with Crippen LogP contribution in [0.5, 0.6) is 0 Å². The van der Waals surface area contributed by atoms with Crippen molar-refractivity contribution in [2.45, 2.75) is 24.3 Å². The van der Waals surface area contributed by atoms with E-state index < -0.39 is 14.9 Å². The van der Waals surface area contributed by atoms with Crippen molar-refractivity contribution < 1.29 is 13.3 Å². The zero-order valence-corrected chi connectivity index (χ0v) is 11.0. The Labute approximate surface area is 110 Å². The van der Waals surface area contributed by atoms with Crippen LogP contribution in [0.1, 0.15) is 13.3 Å². The summed E-state index contributed by atoms with van der Waals surface area (Å²) in [5.74, 6) is 5.49. The standard InChI is InChI=1S/C10H14N4O4S/c1-6-4-8(6)13-19(17,18)7-2-3-10(14(15)16)9(5-7)12-11/h2-3,5-6,8,12-13H,4,11H2,1H3. The van der Waals surface area contributed by atoms with Gasteiger partial charge >= 0.3 is 0 Å². The van der Waals surface area contributed by atoms with E-state index in [4.69, 9.17) is 5.84 Å². The average Bonchev–Trinajstić information content (AvgIpc) is 3.02. The summed E-state index contributed by atoms with van der Waals surface area (Å²) in [6.07, 6.45) is 0.800. The number of nitrogens with two attached hydrogens (primary N) is 1. The molecule has 1 saturated carbocycles. The number of rotatable bonds is 5. The van der Waals surface area contributed by atoms with Crippen molar-refractivity contribution in [3.05, 3.63) is 28.3 Å². The Morgan fingerprint density at radius 3 is 2.58 bits per heavy atom. The fourth-order valence-electron chi connectivity index (χ4n) is 1.71. The molecule has 2 rings (SSSR count). The molecule has 1 aromatic rings. The Bertz CT molecular complexity index is 616. The van der Waals surface area contributed by atoms with Crippen LogP contribution < -0.4 is 16.0 Å². The van der Waals surface area contributed by atoms with Crippen molar-refractivity contribution in [2.75, 3.05) is 5.43 Å². The van der Waals surface area contributed by atoms with Gasteiger partial charge in [-0.2, -0.15) is 0 Å². The zero-order chi connectivity index (χ0) is 14.2. The first-order chi connectivity index (χ1) is 8.85. The monoisotopic (exact) mass is 286 g/mol. The van der Waals surface area contributed by atoms with Crippen molar-refractivity contribution in [1.29, 1.82) is 0 Å². The van der Waals surface area contributed by atoms with E-state index in [1.54, 1.807) is 0 Å². The SMILES string of the molecule is CC1CC1NS(=O)(=O)c1ccc([N+](=O)[O-])c(NN)c1. The van der Waals surface area contributed by atoms with Crippen LogP contribution >= 0.6 is 0 Å². The van der Waals surface area contributed by atoms with E-state index in [1.165, 1.54) is 6.07 Å². The highest BCUT2D eigenvalue weighted by Gasteiger charge is 2.36. The van der Waals surface area contributed by atoms with Crippen molar-refractivity contribution in [1.82, 2.24) is 4.72 Å². The lowest BCUT2D eigenvalue weighted by atomic mass is 10.3. The minimum absolute atomic E-state index is 0.0447. The molecule has 0 spiro atoms. The molecule has 19 heavy (non-hydrogen) atoms. The Balaban J connectivity index is 2.32. The molecule has 9 heteroatoms. The molecule has 0 aromatic heterocycles. The summed E-state index contributed by atoms with van der Waals surface area (Å²) in [5.41, 5.74) is 1.81. The first kappa shape index (κ1) is 13.7. The number of anilines is 1. The number of nitro benzene ring substituents is 1. The van der Waals surface area contributed by atoms with Gasteiger partial charge in [-0.05, 0) is 24.5 Å².